The minimum absolute atomic E-state index is 0.301. The van der Waals surface area contributed by atoms with Crippen molar-refractivity contribution in [2.24, 2.45) is 0 Å². The third-order valence-corrected chi connectivity index (χ3v) is 4.38. The molecule has 0 bridgehead atoms. The van der Waals surface area contributed by atoms with E-state index in [1.54, 1.807) is 24.3 Å². The van der Waals surface area contributed by atoms with Crippen LogP contribution in [-0.4, -0.2) is 24.6 Å². The molecule has 0 fully saturated rings. The molecular formula is C22H24N2O4. The SMILES string of the molecule is CC[C@H](C)c1ccccc1NC(=O)[C@@H](C)OC(=O)COc1ccc(C#N)cc1. The van der Waals surface area contributed by atoms with E-state index in [2.05, 4.69) is 19.2 Å². The van der Waals surface area contributed by atoms with Crippen molar-refractivity contribution in [1.82, 2.24) is 0 Å². The zero-order chi connectivity index (χ0) is 20.5. The summed E-state index contributed by atoms with van der Waals surface area (Å²) in [5.74, 6) is -0.310. The molecule has 0 radical (unpaired) electrons. The Morgan fingerprint density at radius 2 is 1.79 bits per heavy atom. The molecule has 0 heterocycles. The maximum atomic E-state index is 12.4. The Bertz CT molecular complexity index is 856. The van der Waals surface area contributed by atoms with E-state index in [1.807, 2.05) is 30.3 Å². The number of carbonyl (C=O) groups excluding carboxylic acids is 2. The van der Waals surface area contributed by atoms with Crippen LogP contribution in [0.2, 0.25) is 0 Å². The fourth-order valence-corrected chi connectivity index (χ4v) is 2.55. The Hall–Kier alpha value is -3.33. The molecule has 2 rings (SSSR count). The molecule has 2 aromatic carbocycles. The molecule has 0 saturated carbocycles. The van der Waals surface area contributed by atoms with Crippen molar-refractivity contribution in [3.05, 3.63) is 59.7 Å². The fourth-order valence-electron chi connectivity index (χ4n) is 2.55. The summed E-state index contributed by atoms with van der Waals surface area (Å²) >= 11 is 0. The van der Waals surface area contributed by atoms with Crippen molar-refractivity contribution in [1.29, 1.82) is 5.26 Å². The molecular weight excluding hydrogens is 356 g/mol. The van der Waals surface area contributed by atoms with Crippen LogP contribution in [0.3, 0.4) is 0 Å². The molecule has 0 aliphatic heterocycles. The summed E-state index contributed by atoms with van der Waals surface area (Å²) in [4.78, 5) is 24.3. The van der Waals surface area contributed by atoms with Crippen molar-refractivity contribution in [2.75, 3.05) is 11.9 Å². The highest BCUT2D eigenvalue weighted by Crippen LogP contribution is 2.26. The van der Waals surface area contributed by atoms with E-state index in [-0.39, 0.29) is 6.61 Å². The first-order valence-electron chi connectivity index (χ1n) is 9.16. The van der Waals surface area contributed by atoms with Gasteiger partial charge in [0.1, 0.15) is 5.75 Å². The van der Waals surface area contributed by atoms with Gasteiger partial charge in [-0.25, -0.2) is 4.79 Å². The van der Waals surface area contributed by atoms with Crippen molar-refractivity contribution in [2.45, 2.75) is 39.2 Å². The summed E-state index contributed by atoms with van der Waals surface area (Å²) in [5.41, 5.74) is 2.26. The molecule has 6 nitrogen and oxygen atoms in total. The summed E-state index contributed by atoms with van der Waals surface area (Å²) < 4.78 is 10.5. The highest BCUT2D eigenvalue weighted by atomic mass is 16.6. The molecule has 0 aliphatic rings. The zero-order valence-electron chi connectivity index (χ0n) is 16.3. The number of nitrogens with one attached hydrogen (secondary N) is 1. The highest BCUT2D eigenvalue weighted by Gasteiger charge is 2.20. The van der Waals surface area contributed by atoms with Crippen molar-refractivity contribution < 1.29 is 19.1 Å². The number of hydrogen-bond donors (Lipinski definition) is 1. The van der Waals surface area contributed by atoms with Crippen LogP contribution < -0.4 is 10.1 Å². The summed E-state index contributed by atoms with van der Waals surface area (Å²) in [7, 11) is 0. The third-order valence-electron chi connectivity index (χ3n) is 4.38. The molecule has 0 aromatic heterocycles. The Morgan fingerprint density at radius 3 is 2.43 bits per heavy atom. The minimum Gasteiger partial charge on any atom is -0.482 e. The van der Waals surface area contributed by atoms with Crippen LogP contribution in [0, 0.1) is 11.3 Å². The van der Waals surface area contributed by atoms with E-state index in [4.69, 9.17) is 14.7 Å². The third kappa shape index (κ3) is 5.85. The minimum atomic E-state index is -0.956. The standard InChI is InChI=1S/C22H24N2O4/c1-4-15(2)19-7-5-6-8-20(19)24-22(26)16(3)28-21(25)14-27-18-11-9-17(13-23)10-12-18/h5-12,15-16H,4,14H2,1-3H3,(H,24,26)/t15-,16+/m0/s1. The molecule has 1 N–H and O–H groups in total. The second-order valence-corrected chi connectivity index (χ2v) is 6.44. The van der Waals surface area contributed by atoms with E-state index < -0.39 is 18.0 Å². The van der Waals surface area contributed by atoms with Crippen LogP contribution in [0.5, 0.6) is 5.75 Å². The fraction of sp³-hybridized carbons (Fsp3) is 0.318. The van der Waals surface area contributed by atoms with Gasteiger partial charge in [0.15, 0.2) is 12.7 Å². The van der Waals surface area contributed by atoms with Gasteiger partial charge >= 0.3 is 5.97 Å². The molecule has 1 amide bonds. The monoisotopic (exact) mass is 380 g/mol. The van der Waals surface area contributed by atoms with Gasteiger partial charge in [0.05, 0.1) is 11.6 Å². The Kier molecular flexibility index (Phi) is 7.58. The zero-order valence-corrected chi connectivity index (χ0v) is 16.3. The second-order valence-electron chi connectivity index (χ2n) is 6.44. The number of carbonyl (C=O) groups is 2. The van der Waals surface area contributed by atoms with E-state index in [9.17, 15) is 9.59 Å². The van der Waals surface area contributed by atoms with Gasteiger partial charge in [0, 0.05) is 5.69 Å². The van der Waals surface area contributed by atoms with Crippen LogP contribution in [0.25, 0.3) is 0 Å². The van der Waals surface area contributed by atoms with Gasteiger partial charge in [-0.15, -0.1) is 0 Å². The molecule has 6 heteroatoms. The number of nitriles is 1. The van der Waals surface area contributed by atoms with E-state index in [0.29, 0.717) is 17.2 Å². The van der Waals surface area contributed by atoms with E-state index >= 15 is 0 Å². The van der Waals surface area contributed by atoms with E-state index in [1.165, 1.54) is 6.92 Å². The van der Waals surface area contributed by atoms with Gasteiger partial charge in [-0.05, 0) is 55.2 Å². The molecule has 2 aromatic rings. The number of amides is 1. The van der Waals surface area contributed by atoms with Gasteiger partial charge in [0.2, 0.25) is 0 Å². The first-order chi connectivity index (χ1) is 13.4. The first kappa shape index (κ1) is 21.0. The summed E-state index contributed by atoms with van der Waals surface area (Å²) in [6.07, 6.45) is -0.00791. The molecule has 0 spiro atoms. The van der Waals surface area contributed by atoms with Crippen molar-refractivity contribution >= 4 is 17.6 Å². The maximum Gasteiger partial charge on any atom is 0.344 e. The summed E-state index contributed by atoms with van der Waals surface area (Å²) in [5, 5.41) is 11.6. The predicted molar refractivity (Wildman–Crippen MR) is 106 cm³/mol. The molecule has 146 valence electrons. The van der Waals surface area contributed by atoms with Crippen molar-refractivity contribution in [3.8, 4) is 11.8 Å². The van der Waals surface area contributed by atoms with Crippen LogP contribution in [0.1, 0.15) is 44.2 Å². The topological polar surface area (TPSA) is 88.4 Å². The quantitative estimate of drug-likeness (QED) is 0.699. The summed E-state index contributed by atoms with van der Waals surface area (Å²) in [6.45, 7) is 5.37. The van der Waals surface area contributed by atoms with Gasteiger partial charge in [0.25, 0.3) is 5.91 Å². The molecule has 0 aliphatic carbocycles. The number of rotatable bonds is 8. The van der Waals surface area contributed by atoms with Crippen LogP contribution in [0.4, 0.5) is 5.69 Å². The number of esters is 1. The number of hydrogen-bond acceptors (Lipinski definition) is 5. The molecule has 2 atom stereocenters. The number of ether oxygens (including phenoxy) is 2. The molecule has 0 saturated heterocycles. The largest absolute Gasteiger partial charge is 0.482 e. The van der Waals surface area contributed by atoms with E-state index in [0.717, 1.165) is 17.7 Å². The normalized spacial score (nSPS) is 12.4. The lowest BCUT2D eigenvalue weighted by molar-refractivity contribution is -0.155. The smallest absolute Gasteiger partial charge is 0.344 e. The predicted octanol–water partition coefficient (Wildman–Crippen LogP) is 4.02. The Labute approximate surface area is 165 Å². The van der Waals surface area contributed by atoms with Crippen LogP contribution in [-0.2, 0) is 14.3 Å². The van der Waals surface area contributed by atoms with Gasteiger partial charge in [-0.1, -0.05) is 32.0 Å². The van der Waals surface area contributed by atoms with Gasteiger partial charge in [-0.3, -0.25) is 4.79 Å². The van der Waals surface area contributed by atoms with Gasteiger partial charge < -0.3 is 14.8 Å². The number of anilines is 1. The van der Waals surface area contributed by atoms with Crippen LogP contribution in [0.15, 0.2) is 48.5 Å². The average Bonchev–Trinajstić information content (AvgIpc) is 2.72. The van der Waals surface area contributed by atoms with Crippen LogP contribution >= 0.6 is 0 Å². The molecule has 0 unspecified atom stereocenters. The second kappa shape index (κ2) is 10.1. The summed E-state index contributed by atoms with van der Waals surface area (Å²) in [6, 6.07) is 16.0. The lowest BCUT2D eigenvalue weighted by atomic mass is 9.97. The Balaban J connectivity index is 1.88. The number of para-hydroxylation sites is 1. The van der Waals surface area contributed by atoms with Gasteiger partial charge in [-0.2, -0.15) is 5.26 Å². The lowest BCUT2D eigenvalue weighted by Gasteiger charge is -2.18. The molecule has 28 heavy (non-hydrogen) atoms. The number of nitrogens with zero attached hydrogens (tertiary/aromatic N) is 1. The first-order valence-corrected chi connectivity index (χ1v) is 9.16. The highest BCUT2D eigenvalue weighted by molar-refractivity contribution is 5.95. The van der Waals surface area contributed by atoms with Crippen molar-refractivity contribution in [3.63, 3.8) is 0 Å². The lowest BCUT2D eigenvalue weighted by Crippen LogP contribution is -2.32. The average molecular weight is 380 g/mol. The maximum absolute atomic E-state index is 12.4. The number of benzene rings is 2. The Morgan fingerprint density at radius 1 is 1.11 bits per heavy atom.